The number of imide groups is 1. The fourth-order valence-electron chi connectivity index (χ4n) is 3.18. The zero-order chi connectivity index (χ0) is 25.2. The van der Waals surface area contributed by atoms with Crippen LogP contribution in [0, 0.1) is 0 Å². The average molecular weight is 486 g/mol. The SMILES string of the molecule is C=CCN1C(=O)c2ccc(C(=O)OC(C)C(=O)Nc3cccc(S(=O)(=O)N(C)C)c3)cc2C1=O. The lowest BCUT2D eigenvalue weighted by molar-refractivity contribution is -0.123. The van der Waals surface area contributed by atoms with E-state index in [1.165, 1.54) is 69.6 Å². The summed E-state index contributed by atoms with van der Waals surface area (Å²) in [6, 6.07) is 9.60. The number of amides is 3. The van der Waals surface area contributed by atoms with Crippen LogP contribution in [0.1, 0.15) is 38.0 Å². The van der Waals surface area contributed by atoms with Crippen molar-refractivity contribution in [1.82, 2.24) is 9.21 Å². The molecule has 0 saturated carbocycles. The van der Waals surface area contributed by atoms with Crippen LogP contribution in [0.2, 0.25) is 0 Å². The first-order chi connectivity index (χ1) is 16.0. The van der Waals surface area contributed by atoms with Crippen LogP contribution in [0.3, 0.4) is 0 Å². The van der Waals surface area contributed by atoms with Crippen LogP contribution in [-0.4, -0.2) is 68.1 Å². The molecule has 0 aliphatic carbocycles. The molecule has 3 amide bonds. The molecule has 2 aromatic rings. The highest BCUT2D eigenvalue weighted by Gasteiger charge is 2.35. The van der Waals surface area contributed by atoms with Gasteiger partial charge in [-0.05, 0) is 43.3 Å². The molecule has 0 spiro atoms. The van der Waals surface area contributed by atoms with Crippen LogP contribution >= 0.6 is 0 Å². The minimum absolute atomic E-state index is 0.000855. The van der Waals surface area contributed by atoms with Crippen molar-refractivity contribution in [2.45, 2.75) is 17.9 Å². The third-order valence-corrected chi connectivity index (χ3v) is 6.86. The molecule has 1 aliphatic rings. The first-order valence-corrected chi connectivity index (χ1v) is 11.6. The number of fused-ring (bicyclic) bond motifs is 1. The van der Waals surface area contributed by atoms with Gasteiger partial charge in [0.05, 0.1) is 21.6 Å². The minimum atomic E-state index is -3.70. The maximum absolute atomic E-state index is 12.6. The molecule has 1 aliphatic heterocycles. The van der Waals surface area contributed by atoms with E-state index in [-0.39, 0.29) is 33.8 Å². The molecule has 178 valence electrons. The van der Waals surface area contributed by atoms with E-state index in [0.717, 1.165) is 9.21 Å². The number of nitrogens with one attached hydrogen (secondary N) is 1. The van der Waals surface area contributed by atoms with Gasteiger partial charge in [0.15, 0.2) is 6.10 Å². The van der Waals surface area contributed by atoms with Gasteiger partial charge >= 0.3 is 5.97 Å². The molecular weight excluding hydrogens is 462 g/mol. The fraction of sp³-hybridized carbons (Fsp3) is 0.217. The van der Waals surface area contributed by atoms with Crippen molar-refractivity contribution < 1.29 is 32.3 Å². The van der Waals surface area contributed by atoms with Gasteiger partial charge in [-0.15, -0.1) is 6.58 Å². The molecule has 1 heterocycles. The molecule has 0 saturated heterocycles. The Morgan fingerprint density at radius 1 is 1.12 bits per heavy atom. The number of benzene rings is 2. The van der Waals surface area contributed by atoms with Gasteiger partial charge in [0.25, 0.3) is 17.7 Å². The largest absolute Gasteiger partial charge is 0.449 e. The molecule has 34 heavy (non-hydrogen) atoms. The topological polar surface area (TPSA) is 130 Å². The second-order valence-electron chi connectivity index (χ2n) is 7.62. The van der Waals surface area contributed by atoms with E-state index in [9.17, 15) is 27.6 Å². The molecule has 0 radical (unpaired) electrons. The monoisotopic (exact) mass is 485 g/mol. The standard InChI is InChI=1S/C23H23N3O7S/c1-5-11-26-21(28)18-10-9-15(12-19(18)22(26)29)23(30)33-14(2)20(27)24-16-7-6-8-17(13-16)34(31,32)25(3)4/h5-10,12-14H,1,11H2,2-4H3,(H,24,27). The van der Waals surface area contributed by atoms with Gasteiger partial charge in [-0.2, -0.15) is 0 Å². The highest BCUT2D eigenvalue weighted by Crippen LogP contribution is 2.24. The number of esters is 1. The number of carbonyl (C=O) groups excluding carboxylic acids is 4. The lowest BCUT2D eigenvalue weighted by Crippen LogP contribution is -2.30. The normalized spacial score (nSPS) is 14.1. The van der Waals surface area contributed by atoms with Crippen LogP contribution in [0.15, 0.2) is 60.0 Å². The highest BCUT2D eigenvalue weighted by molar-refractivity contribution is 7.89. The van der Waals surface area contributed by atoms with E-state index in [2.05, 4.69) is 11.9 Å². The molecule has 1 unspecified atom stereocenters. The minimum Gasteiger partial charge on any atom is -0.449 e. The third-order valence-electron chi connectivity index (χ3n) is 5.05. The Morgan fingerprint density at radius 2 is 1.79 bits per heavy atom. The lowest BCUT2D eigenvalue weighted by atomic mass is 10.1. The fourth-order valence-corrected chi connectivity index (χ4v) is 4.13. The number of sulfonamides is 1. The van der Waals surface area contributed by atoms with Gasteiger partial charge in [-0.1, -0.05) is 12.1 Å². The van der Waals surface area contributed by atoms with Gasteiger partial charge in [-0.25, -0.2) is 17.5 Å². The van der Waals surface area contributed by atoms with Crippen molar-refractivity contribution >= 4 is 39.4 Å². The van der Waals surface area contributed by atoms with E-state index in [4.69, 9.17) is 4.74 Å². The Balaban J connectivity index is 1.70. The predicted octanol–water partition coefficient (Wildman–Crippen LogP) is 1.90. The smallest absolute Gasteiger partial charge is 0.338 e. The number of nitrogens with zero attached hydrogens (tertiary/aromatic N) is 2. The summed E-state index contributed by atoms with van der Waals surface area (Å²) in [6.45, 7) is 4.91. The Hall–Kier alpha value is -3.83. The molecule has 0 fully saturated rings. The summed E-state index contributed by atoms with van der Waals surface area (Å²) in [5.41, 5.74) is 0.443. The second-order valence-corrected chi connectivity index (χ2v) is 9.77. The van der Waals surface area contributed by atoms with Crippen LogP contribution in [0.25, 0.3) is 0 Å². The van der Waals surface area contributed by atoms with Crippen LogP contribution in [-0.2, 0) is 19.6 Å². The van der Waals surface area contributed by atoms with Crippen molar-refractivity contribution in [1.29, 1.82) is 0 Å². The Morgan fingerprint density at radius 3 is 2.44 bits per heavy atom. The molecule has 2 aromatic carbocycles. The summed E-state index contributed by atoms with van der Waals surface area (Å²) in [4.78, 5) is 50.8. The van der Waals surface area contributed by atoms with Crippen molar-refractivity contribution in [2.24, 2.45) is 0 Å². The number of hydrogen-bond donors (Lipinski definition) is 1. The predicted molar refractivity (Wildman–Crippen MR) is 123 cm³/mol. The van der Waals surface area contributed by atoms with Crippen molar-refractivity contribution in [2.75, 3.05) is 26.0 Å². The third kappa shape index (κ3) is 4.75. The van der Waals surface area contributed by atoms with Gasteiger partial charge < -0.3 is 10.1 Å². The van der Waals surface area contributed by atoms with E-state index in [0.29, 0.717) is 0 Å². The van der Waals surface area contributed by atoms with E-state index in [1.807, 2.05) is 0 Å². The summed E-state index contributed by atoms with van der Waals surface area (Å²) >= 11 is 0. The summed E-state index contributed by atoms with van der Waals surface area (Å²) in [7, 11) is -0.915. The van der Waals surface area contributed by atoms with Gasteiger partial charge in [0.2, 0.25) is 10.0 Å². The molecule has 11 heteroatoms. The van der Waals surface area contributed by atoms with Gasteiger partial charge in [-0.3, -0.25) is 19.3 Å². The first-order valence-electron chi connectivity index (χ1n) is 10.1. The number of hydrogen-bond acceptors (Lipinski definition) is 7. The number of carbonyl (C=O) groups is 4. The quantitative estimate of drug-likeness (QED) is 0.343. The summed E-state index contributed by atoms with van der Waals surface area (Å²) < 4.78 is 30.8. The van der Waals surface area contributed by atoms with E-state index in [1.54, 1.807) is 0 Å². The Bertz CT molecular complexity index is 1300. The highest BCUT2D eigenvalue weighted by atomic mass is 32.2. The summed E-state index contributed by atoms with van der Waals surface area (Å²) in [5, 5.41) is 2.51. The Kier molecular flexibility index (Phi) is 6.99. The summed E-state index contributed by atoms with van der Waals surface area (Å²) in [5.74, 6) is -2.58. The van der Waals surface area contributed by atoms with Crippen molar-refractivity contribution in [3.05, 3.63) is 71.8 Å². The number of ether oxygens (including phenoxy) is 1. The molecular formula is C23H23N3O7S. The van der Waals surface area contributed by atoms with Gasteiger partial charge in [0.1, 0.15) is 0 Å². The van der Waals surface area contributed by atoms with Crippen LogP contribution < -0.4 is 5.32 Å². The maximum atomic E-state index is 12.6. The van der Waals surface area contributed by atoms with E-state index >= 15 is 0 Å². The first kappa shape index (κ1) is 24.8. The Labute approximate surface area is 196 Å². The summed E-state index contributed by atoms with van der Waals surface area (Å²) in [6.07, 6.45) is 0.187. The number of anilines is 1. The van der Waals surface area contributed by atoms with Crippen molar-refractivity contribution in [3.8, 4) is 0 Å². The van der Waals surface area contributed by atoms with Crippen LogP contribution in [0.5, 0.6) is 0 Å². The zero-order valence-electron chi connectivity index (χ0n) is 18.8. The molecule has 1 N–H and O–H groups in total. The molecule has 0 aromatic heterocycles. The number of rotatable bonds is 8. The zero-order valence-corrected chi connectivity index (χ0v) is 19.6. The lowest BCUT2D eigenvalue weighted by Gasteiger charge is -2.15. The van der Waals surface area contributed by atoms with Crippen LogP contribution in [0.4, 0.5) is 5.69 Å². The average Bonchev–Trinajstić information content (AvgIpc) is 3.03. The molecule has 1 atom stereocenters. The van der Waals surface area contributed by atoms with Crippen molar-refractivity contribution in [3.63, 3.8) is 0 Å². The maximum Gasteiger partial charge on any atom is 0.338 e. The molecule has 3 rings (SSSR count). The van der Waals surface area contributed by atoms with E-state index < -0.39 is 39.8 Å². The second kappa shape index (κ2) is 9.57. The van der Waals surface area contributed by atoms with Gasteiger partial charge in [0, 0.05) is 26.3 Å². The molecule has 10 nitrogen and oxygen atoms in total. The molecule has 0 bridgehead atoms.